The maximum Gasteiger partial charge on any atom is 0.255 e. The Kier molecular flexibility index (Phi) is 8.12. The van der Waals surface area contributed by atoms with Gasteiger partial charge in [0.15, 0.2) is 0 Å². The Morgan fingerprint density at radius 2 is 1.89 bits per heavy atom. The van der Waals surface area contributed by atoms with E-state index in [4.69, 9.17) is 4.74 Å². The van der Waals surface area contributed by atoms with E-state index in [9.17, 15) is 18.8 Å². The molecule has 36 heavy (non-hydrogen) atoms. The number of piperidine rings is 1. The first-order valence-corrected chi connectivity index (χ1v) is 12.1. The predicted molar refractivity (Wildman–Crippen MR) is 134 cm³/mol. The number of amides is 3. The smallest absolute Gasteiger partial charge is 0.255 e. The SMILES string of the molecule is C=C.O=C1CCC(N2Cc3c(NCc4cc(CN5CCOCC5)ccc4F)cccc3C2=O)C(=O)N1. The zero-order valence-electron chi connectivity index (χ0n) is 20.2. The van der Waals surface area contributed by atoms with E-state index in [1.54, 1.807) is 12.1 Å². The maximum absolute atomic E-state index is 14.6. The monoisotopic (exact) mass is 494 g/mol. The molecule has 2 saturated heterocycles. The Balaban J connectivity index is 0.00000148. The molecule has 0 saturated carbocycles. The van der Waals surface area contributed by atoms with Crippen LogP contribution >= 0.6 is 0 Å². The largest absolute Gasteiger partial charge is 0.381 e. The van der Waals surface area contributed by atoms with Gasteiger partial charge in [0, 0.05) is 61.5 Å². The second-order valence-corrected chi connectivity index (χ2v) is 8.90. The normalized spacial score (nSPS) is 19.9. The van der Waals surface area contributed by atoms with Crippen molar-refractivity contribution in [2.24, 2.45) is 0 Å². The maximum atomic E-state index is 14.6. The molecule has 0 spiro atoms. The molecule has 3 heterocycles. The van der Waals surface area contributed by atoms with E-state index in [0.717, 1.165) is 36.4 Å². The summed E-state index contributed by atoms with van der Waals surface area (Å²) < 4.78 is 20.0. The van der Waals surface area contributed by atoms with Crippen molar-refractivity contribution in [1.82, 2.24) is 15.1 Å². The number of anilines is 1. The topological polar surface area (TPSA) is 91.0 Å². The third-order valence-electron chi connectivity index (χ3n) is 6.67. The van der Waals surface area contributed by atoms with Gasteiger partial charge in [-0.05, 0) is 36.2 Å². The number of rotatable bonds is 6. The molecule has 1 atom stereocenters. The summed E-state index contributed by atoms with van der Waals surface area (Å²) in [6, 6.07) is 9.88. The molecule has 1 unspecified atom stereocenters. The highest BCUT2D eigenvalue weighted by Crippen LogP contribution is 2.32. The van der Waals surface area contributed by atoms with Gasteiger partial charge in [0.25, 0.3) is 5.91 Å². The molecule has 0 radical (unpaired) electrons. The Labute approximate surface area is 210 Å². The van der Waals surface area contributed by atoms with Crippen LogP contribution in [0.5, 0.6) is 0 Å². The zero-order chi connectivity index (χ0) is 25.7. The van der Waals surface area contributed by atoms with E-state index < -0.39 is 11.9 Å². The summed E-state index contributed by atoms with van der Waals surface area (Å²) in [7, 11) is 0. The van der Waals surface area contributed by atoms with Crippen molar-refractivity contribution < 1.29 is 23.5 Å². The molecule has 9 heteroatoms. The lowest BCUT2D eigenvalue weighted by Crippen LogP contribution is -2.52. The van der Waals surface area contributed by atoms with E-state index >= 15 is 0 Å². The van der Waals surface area contributed by atoms with Gasteiger partial charge in [-0.15, -0.1) is 13.2 Å². The number of nitrogens with zero attached hydrogens (tertiary/aromatic N) is 2. The van der Waals surface area contributed by atoms with Gasteiger partial charge >= 0.3 is 0 Å². The number of hydrogen-bond acceptors (Lipinski definition) is 6. The van der Waals surface area contributed by atoms with Crippen molar-refractivity contribution in [3.05, 3.63) is 77.6 Å². The van der Waals surface area contributed by atoms with Crippen LogP contribution in [0.2, 0.25) is 0 Å². The molecule has 2 fully saturated rings. The average molecular weight is 495 g/mol. The van der Waals surface area contributed by atoms with E-state index in [-0.39, 0.29) is 37.1 Å². The van der Waals surface area contributed by atoms with Crippen molar-refractivity contribution in [3.63, 3.8) is 0 Å². The van der Waals surface area contributed by atoms with Gasteiger partial charge in [-0.2, -0.15) is 0 Å². The van der Waals surface area contributed by atoms with Crippen LogP contribution < -0.4 is 10.6 Å². The molecule has 8 nitrogen and oxygen atoms in total. The van der Waals surface area contributed by atoms with Crippen molar-refractivity contribution in [3.8, 4) is 0 Å². The second kappa shape index (κ2) is 11.5. The van der Waals surface area contributed by atoms with Gasteiger partial charge in [-0.1, -0.05) is 12.1 Å². The molecule has 5 rings (SSSR count). The Hall–Kier alpha value is -3.56. The Morgan fingerprint density at radius 1 is 1.11 bits per heavy atom. The number of carbonyl (C=O) groups excluding carboxylic acids is 3. The quantitative estimate of drug-likeness (QED) is 0.474. The minimum absolute atomic E-state index is 0.210. The third kappa shape index (κ3) is 5.47. The predicted octanol–water partition coefficient (Wildman–Crippen LogP) is 2.83. The number of ether oxygens (including phenoxy) is 1. The molecule has 2 aromatic rings. The van der Waals surface area contributed by atoms with E-state index in [1.807, 2.05) is 18.2 Å². The lowest BCUT2D eigenvalue weighted by atomic mass is 10.0. The summed E-state index contributed by atoms with van der Waals surface area (Å²) in [6.07, 6.45) is 0.524. The number of fused-ring (bicyclic) bond motifs is 1. The average Bonchev–Trinajstić information content (AvgIpc) is 3.23. The molecule has 2 aromatic carbocycles. The van der Waals surface area contributed by atoms with Crippen molar-refractivity contribution >= 4 is 23.4 Å². The highest BCUT2D eigenvalue weighted by atomic mass is 19.1. The summed E-state index contributed by atoms with van der Waals surface area (Å²) >= 11 is 0. The molecule has 3 amide bonds. The van der Waals surface area contributed by atoms with Crippen LogP contribution in [0.1, 0.15) is 39.9 Å². The van der Waals surface area contributed by atoms with Crippen molar-refractivity contribution in [1.29, 1.82) is 0 Å². The van der Waals surface area contributed by atoms with Gasteiger partial charge in [0.05, 0.1) is 13.2 Å². The van der Waals surface area contributed by atoms with Crippen molar-refractivity contribution in [2.75, 3.05) is 31.6 Å². The van der Waals surface area contributed by atoms with Crippen LogP contribution in [-0.4, -0.2) is 59.9 Å². The standard InChI is InChI=1S/C25H27FN4O4.C2H4/c26-20-5-4-16(14-29-8-10-34-11-9-29)12-17(20)13-27-21-3-1-2-18-19(21)15-30(25(18)33)22-6-7-23(31)28-24(22)32;1-2/h1-5,12,22,27H,6-11,13-15H2,(H,28,31,32);1-2H2. The van der Waals surface area contributed by atoms with E-state index in [1.165, 1.54) is 11.0 Å². The number of imide groups is 1. The van der Waals surface area contributed by atoms with Crippen LogP contribution in [0.4, 0.5) is 10.1 Å². The number of morpholine rings is 1. The lowest BCUT2D eigenvalue weighted by Gasteiger charge is -2.29. The van der Waals surface area contributed by atoms with Crippen LogP contribution in [0.3, 0.4) is 0 Å². The molecule has 3 aliphatic rings. The highest BCUT2D eigenvalue weighted by molar-refractivity contribution is 6.06. The second-order valence-electron chi connectivity index (χ2n) is 8.90. The summed E-state index contributed by atoms with van der Waals surface area (Å²) in [6.45, 7) is 10.4. The first-order valence-electron chi connectivity index (χ1n) is 12.1. The first kappa shape index (κ1) is 25.5. The number of benzene rings is 2. The summed E-state index contributed by atoms with van der Waals surface area (Å²) in [5.41, 5.74) is 3.63. The van der Waals surface area contributed by atoms with Gasteiger partial charge in [0.1, 0.15) is 11.9 Å². The minimum Gasteiger partial charge on any atom is -0.381 e. The summed E-state index contributed by atoms with van der Waals surface area (Å²) in [5.74, 6) is -1.27. The number of halogens is 1. The first-order chi connectivity index (χ1) is 17.5. The molecule has 0 aromatic heterocycles. The molecular weight excluding hydrogens is 463 g/mol. The van der Waals surface area contributed by atoms with E-state index in [0.29, 0.717) is 30.8 Å². The summed E-state index contributed by atoms with van der Waals surface area (Å²) in [4.78, 5) is 40.6. The van der Waals surface area contributed by atoms with Crippen LogP contribution in [0.15, 0.2) is 49.6 Å². The van der Waals surface area contributed by atoms with Crippen LogP contribution in [0.25, 0.3) is 0 Å². The van der Waals surface area contributed by atoms with Crippen LogP contribution in [-0.2, 0) is 34.0 Å². The number of hydrogen-bond donors (Lipinski definition) is 2. The zero-order valence-corrected chi connectivity index (χ0v) is 20.2. The fraction of sp³-hybridized carbons (Fsp3) is 0.370. The Morgan fingerprint density at radius 3 is 2.64 bits per heavy atom. The van der Waals surface area contributed by atoms with Gasteiger partial charge < -0.3 is 15.0 Å². The van der Waals surface area contributed by atoms with Gasteiger partial charge in [-0.25, -0.2) is 4.39 Å². The van der Waals surface area contributed by atoms with Gasteiger partial charge in [-0.3, -0.25) is 24.6 Å². The molecule has 0 aliphatic carbocycles. The molecule has 0 bridgehead atoms. The lowest BCUT2D eigenvalue weighted by molar-refractivity contribution is -0.136. The minimum atomic E-state index is -0.667. The highest BCUT2D eigenvalue weighted by Gasteiger charge is 2.39. The summed E-state index contributed by atoms with van der Waals surface area (Å²) in [5, 5.41) is 5.60. The number of nitrogens with one attached hydrogen (secondary N) is 2. The fourth-order valence-corrected chi connectivity index (χ4v) is 4.82. The van der Waals surface area contributed by atoms with Crippen molar-refractivity contribution in [2.45, 2.75) is 38.5 Å². The van der Waals surface area contributed by atoms with Gasteiger partial charge in [0.2, 0.25) is 11.8 Å². The fourth-order valence-electron chi connectivity index (χ4n) is 4.82. The molecular formula is C27H31FN4O4. The Bertz CT molecular complexity index is 1150. The van der Waals surface area contributed by atoms with Crippen LogP contribution in [0, 0.1) is 5.82 Å². The molecule has 3 aliphatic heterocycles. The molecule has 190 valence electrons. The number of carbonyl (C=O) groups is 3. The third-order valence-corrected chi connectivity index (χ3v) is 6.67. The van der Waals surface area contributed by atoms with E-state index in [2.05, 4.69) is 28.7 Å². The molecule has 2 N–H and O–H groups in total.